The van der Waals surface area contributed by atoms with Crippen LogP contribution >= 0.6 is 26.1 Å². The second-order valence-corrected chi connectivity index (χ2v) is 41.3. The van der Waals surface area contributed by atoms with Gasteiger partial charge in [0.05, 0.1) is 0 Å². The van der Waals surface area contributed by atoms with Gasteiger partial charge in [-0.2, -0.15) is 0 Å². The Hall–Kier alpha value is 2.46. The minimum absolute atomic E-state index is 0.498. The molecule has 1 saturated heterocycles. The van der Waals surface area contributed by atoms with Crippen molar-refractivity contribution in [2.45, 2.75) is 72.6 Å². The van der Waals surface area contributed by atoms with Crippen molar-refractivity contribution in [3.8, 4) is 0 Å². The van der Waals surface area contributed by atoms with Crippen molar-refractivity contribution < 1.29 is 26.5 Å². The number of hydrogen-bond donors (Lipinski definition) is 0. The second-order valence-electron chi connectivity index (χ2n) is 6.16. The molecule has 1 fully saturated rings. The summed E-state index contributed by atoms with van der Waals surface area (Å²) in [5, 5.41) is 0. The third-order valence-corrected chi connectivity index (χ3v) is 63.4. The van der Waals surface area contributed by atoms with E-state index in [4.69, 9.17) is 12.8 Å². The first kappa shape index (κ1) is 27.5. The van der Waals surface area contributed by atoms with Crippen LogP contribution in [0.2, 0.25) is 13.3 Å². The molecular weight excluding hydrogens is 737 g/mol. The summed E-state index contributed by atoms with van der Waals surface area (Å²) in [7, 11) is -1.59. The second kappa shape index (κ2) is 14.5. The van der Waals surface area contributed by atoms with Gasteiger partial charge in [0.25, 0.3) is 0 Å². The molecule has 0 amide bonds. The molecule has 0 atom stereocenters. The van der Waals surface area contributed by atoms with Crippen LogP contribution in [0.4, 0.5) is 0 Å². The predicted molar refractivity (Wildman–Crippen MR) is 106 cm³/mol. The Kier molecular flexibility index (Phi) is 14.8. The molecule has 0 saturated carbocycles. The standard InChI is InChI=1S/3C4H9.3HO2P.3O.3Sn/c3*1-3-4-2;3*1-3-2;;;;;;/h3*1,3-4H2,2H3;3*(H,1,2);;;;;;/q;;;;;;;;;3*+1/p-3. The average Bonchev–Trinajstić information content (AvgIpc) is 2.64. The van der Waals surface area contributed by atoms with Crippen molar-refractivity contribution in [2.24, 2.45) is 0 Å². The van der Waals surface area contributed by atoms with Gasteiger partial charge in [0, 0.05) is 0 Å². The summed E-state index contributed by atoms with van der Waals surface area (Å²) < 4.78 is 71.3. The molecule has 0 radical (unpaired) electrons. The summed E-state index contributed by atoms with van der Waals surface area (Å²) in [6, 6.07) is 0. The van der Waals surface area contributed by atoms with Crippen molar-refractivity contribution >= 4 is 84.9 Å². The van der Waals surface area contributed by atoms with Crippen LogP contribution < -0.4 is 0 Å². The van der Waals surface area contributed by atoms with E-state index in [1.54, 1.807) is 0 Å². The Balaban J connectivity index is 3.37. The number of rotatable bonds is 15. The summed E-state index contributed by atoms with van der Waals surface area (Å²) in [5.74, 6) is 0. The first-order valence-electron chi connectivity index (χ1n) is 9.11. The first-order chi connectivity index (χ1) is 13.0. The molecule has 1 aliphatic rings. The van der Waals surface area contributed by atoms with Crippen LogP contribution in [0.25, 0.3) is 0 Å². The van der Waals surface area contributed by atoms with Crippen LogP contribution in [-0.4, -0.2) is 58.9 Å². The average molecular weight is 764 g/mol. The molecule has 0 N–H and O–H groups in total. The van der Waals surface area contributed by atoms with E-state index in [1.807, 2.05) is 20.8 Å². The van der Waals surface area contributed by atoms with Gasteiger partial charge in [0.15, 0.2) is 0 Å². The number of unbranched alkanes of at least 4 members (excludes halogenated alkanes) is 3. The Labute approximate surface area is 182 Å². The fraction of sp³-hybridized carbons (Fsp3) is 1.00. The maximum absolute atomic E-state index is 11.4. The van der Waals surface area contributed by atoms with Crippen molar-refractivity contribution in [3.05, 3.63) is 0 Å². The molecule has 1 rings (SSSR count). The van der Waals surface area contributed by atoms with Gasteiger partial charge in [-0.05, 0) is 0 Å². The third kappa shape index (κ3) is 8.84. The molecule has 9 nitrogen and oxygen atoms in total. The van der Waals surface area contributed by atoms with E-state index in [1.165, 1.54) is 0 Å². The van der Waals surface area contributed by atoms with Crippen molar-refractivity contribution in [3.63, 3.8) is 0 Å². The van der Waals surface area contributed by atoms with Crippen LogP contribution in [-0.2, 0) is 26.5 Å². The van der Waals surface area contributed by atoms with Crippen molar-refractivity contribution in [1.29, 1.82) is 0 Å². The minimum atomic E-state index is -4.37. The molecule has 156 valence electrons. The molecule has 1 heterocycles. The van der Waals surface area contributed by atoms with E-state index in [9.17, 15) is 13.7 Å². The quantitative estimate of drug-likeness (QED) is 0.148. The van der Waals surface area contributed by atoms with Gasteiger partial charge in [-0.25, -0.2) is 0 Å². The molecule has 0 aromatic heterocycles. The van der Waals surface area contributed by atoms with E-state index in [-0.39, 0.29) is 0 Å². The summed E-state index contributed by atoms with van der Waals surface area (Å²) in [5.41, 5.74) is 0. The van der Waals surface area contributed by atoms with Gasteiger partial charge in [0.2, 0.25) is 0 Å². The molecule has 27 heavy (non-hydrogen) atoms. The van der Waals surface area contributed by atoms with E-state index in [2.05, 4.69) is 0 Å². The monoisotopic (exact) mass is 768 g/mol. The molecule has 0 bridgehead atoms. The molecule has 0 aliphatic carbocycles. The van der Waals surface area contributed by atoms with E-state index >= 15 is 0 Å². The van der Waals surface area contributed by atoms with Crippen LogP contribution in [0.15, 0.2) is 0 Å². The van der Waals surface area contributed by atoms with Crippen LogP contribution in [0.5, 0.6) is 0 Å². The molecule has 0 spiro atoms. The van der Waals surface area contributed by atoms with Crippen LogP contribution in [0.1, 0.15) is 59.3 Å². The summed E-state index contributed by atoms with van der Waals surface area (Å²) in [4.78, 5) is 0. The Morgan fingerprint density at radius 3 is 1.04 bits per heavy atom. The third-order valence-electron chi connectivity index (χ3n) is 3.97. The zero-order chi connectivity index (χ0) is 20.2. The Morgan fingerprint density at radius 1 is 0.593 bits per heavy atom. The zero-order valence-electron chi connectivity index (χ0n) is 15.9. The van der Waals surface area contributed by atoms with Gasteiger partial charge in [-0.15, -0.1) is 0 Å². The molecule has 1 aliphatic heterocycles. The molecule has 0 aromatic rings. The SMILES string of the molecule is CCC[CH2][Sn]1([O]P=O)[O][Sn]([CH2]CCC)([O]P=O)[O][Sn]([CH2]CCC)([O]P=O)[O]1. The number of hydrogen-bond acceptors (Lipinski definition) is 9. The molecular formula is C12H27O9P3Sn3. The Bertz CT molecular complexity index is 416. The fourth-order valence-electron chi connectivity index (χ4n) is 2.68. The van der Waals surface area contributed by atoms with Crippen LogP contribution in [0.3, 0.4) is 0 Å². The van der Waals surface area contributed by atoms with Gasteiger partial charge in [0.1, 0.15) is 0 Å². The summed E-state index contributed by atoms with van der Waals surface area (Å²) >= 11 is -13.1. The summed E-state index contributed by atoms with van der Waals surface area (Å²) in [6.07, 6.45) is 4.93. The fourth-order valence-corrected chi connectivity index (χ4v) is 93.8. The van der Waals surface area contributed by atoms with E-state index in [0.717, 1.165) is 38.5 Å². The zero-order valence-corrected chi connectivity index (χ0v) is 27.1. The predicted octanol–water partition coefficient (Wildman–Crippen LogP) is 5.94. The first-order valence-corrected chi connectivity index (χ1v) is 27.8. The van der Waals surface area contributed by atoms with Gasteiger partial charge >= 0.3 is 184 Å². The molecule has 15 heteroatoms. The van der Waals surface area contributed by atoms with Crippen molar-refractivity contribution in [1.82, 2.24) is 0 Å². The maximum atomic E-state index is 11.4. The topological polar surface area (TPSA) is 107 Å². The molecule has 0 aromatic carbocycles. The summed E-state index contributed by atoms with van der Waals surface area (Å²) in [6.45, 7) is 6.07. The van der Waals surface area contributed by atoms with Gasteiger partial charge < -0.3 is 0 Å². The van der Waals surface area contributed by atoms with Crippen LogP contribution in [0, 0.1) is 0 Å². The Morgan fingerprint density at radius 2 is 0.852 bits per heavy atom. The van der Waals surface area contributed by atoms with Gasteiger partial charge in [-0.3, -0.25) is 0 Å². The van der Waals surface area contributed by atoms with E-state index in [0.29, 0.717) is 13.3 Å². The normalized spacial score (nSPS) is 31.7. The van der Waals surface area contributed by atoms with Gasteiger partial charge in [-0.1, -0.05) is 0 Å². The van der Waals surface area contributed by atoms with E-state index < -0.39 is 84.9 Å². The molecule has 0 unspecified atom stereocenters. The van der Waals surface area contributed by atoms with Crippen molar-refractivity contribution in [2.75, 3.05) is 0 Å².